The second-order valence-corrected chi connectivity index (χ2v) is 8.59. The van der Waals surface area contributed by atoms with Gasteiger partial charge in [-0.25, -0.2) is 0 Å². The summed E-state index contributed by atoms with van der Waals surface area (Å²) in [6.07, 6.45) is 8.18. The first-order chi connectivity index (χ1) is 14.1. The highest BCUT2D eigenvalue weighted by Crippen LogP contribution is 2.36. The van der Waals surface area contributed by atoms with Gasteiger partial charge in [-0.3, -0.25) is 9.69 Å². The van der Waals surface area contributed by atoms with Gasteiger partial charge in [-0.2, -0.15) is 5.26 Å². The number of nitriles is 1. The van der Waals surface area contributed by atoms with Crippen LogP contribution in [0.4, 0.5) is 5.82 Å². The van der Waals surface area contributed by atoms with E-state index in [1.54, 1.807) is 6.26 Å². The lowest BCUT2D eigenvalue weighted by Crippen LogP contribution is -2.45. The van der Waals surface area contributed by atoms with E-state index in [1.165, 1.54) is 32.1 Å². The van der Waals surface area contributed by atoms with Crippen LogP contribution in [-0.2, 0) is 11.3 Å². The Balaban J connectivity index is 1.47. The Kier molecular flexibility index (Phi) is 5.77. The minimum Gasteiger partial charge on any atom is -0.467 e. The van der Waals surface area contributed by atoms with Gasteiger partial charge in [0.15, 0.2) is 0 Å². The van der Waals surface area contributed by atoms with Crippen LogP contribution in [0, 0.1) is 37.0 Å². The summed E-state index contributed by atoms with van der Waals surface area (Å²) in [6.45, 7) is 6.79. The first-order valence-corrected chi connectivity index (χ1v) is 10.7. The predicted octanol–water partition coefficient (Wildman–Crippen LogP) is 4.07. The molecule has 4 rings (SSSR count). The maximum absolute atomic E-state index is 12.9. The number of fused-ring (bicyclic) bond motifs is 1. The van der Waals surface area contributed by atoms with E-state index in [0.29, 0.717) is 24.5 Å². The maximum atomic E-state index is 12.9. The molecule has 1 amide bonds. The number of furan rings is 1. The van der Waals surface area contributed by atoms with Gasteiger partial charge in [-0.15, -0.1) is 0 Å². The summed E-state index contributed by atoms with van der Waals surface area (Å²) in [4.78, 5) is 15.2. The minimum atomic E-state index is -0.0473. The van der Waals surface area contributed by atoms with Gasteiger partial charge in [0.1, 0.15) is 17.6 Å². The van der Waals surface area contributed by atoms with Crippen molar-refractivity contribution in [1.82, 2.24) is 9.47 Å². The van der Waals surface area contributed by atoms with Crippen molar-refractivity contribution in [1.29, 1.82) is 5.26 Å². The number of carbonyl (C=O) groups is 1. The lowest BCUT2D eigenvalue weighted by molar-refractivity contribution is -0.118. The average Bonchev–Trinajstić information content (AvgIpc) is 3.31. The normalized spacial score (nSPS) is 22.1. The molecule has 1 saturated heterocycles. The Morgan fingerprint density at radius 3 is 2.79 bits per heavy atom. The van der Waals surface area contributed by atoms with E-state index in [1.807, 2.05) is 30.5 Å². The number of hydrogen-bond donors (Lipinski definition) is 1. The van der Waals surface area contributed by atoms with Crippen LogP contribution < -0.4 is 5.32 Å². The fraction of sp³-hybridized carbons (Fsp3) is 0.565. The van der Waals surface area contributed by atoms with Crippen LogP contribution >= 0.6 is 0 Å². The molecule has 6 heteroatoms. The highest BCUT2D eigenvalue weighted by Gasteiger charge is 2.32. The molecule has 6 nitrogen and oxygen atoms in total. The zero-order valence-corrected chi connectivity index (χ0v) is 17.4. The molecule has 0 radical (unpaired) electrons. The van der Waals surface area contributed by atoms with E-state index >= 15 is 0 Å². The molecule has 154 valence electrons. The van der Waals surface area contributed by atoms with Gasteiger partial charge >= 0.3 is 0 Å². The molecule has 0 bridgehead atoms. The molecule has 2 aromatic heterocycles. The van der Waals surface area contributed by atoms with E-state index in [0.717, 1.165) is 41.9 Å². The van der Waals surface area contributed by atoms with Crippen molar-refractivity contribution >= 4 is 11.7 Å². The summed E-state index contributed by atoms with van der Waals surface area (Å²) in [5, 5.41) is 12.7. The van der Waals surface area contributed by atoms with Crippen LogP contribution in [0.2, 0.25) is 0 Å². The zero-order chi connectivity index (χ0) is 20.4. The lowest BCUT2D eigenvalue weighted by atomic mass is 9.75. The van der Waals surface area contributed by atoms with Crippen molar-refractivity contribution < 1.29 is 9.21 Å². The summed E-state index contributed by atoms with van der Waals surface area (Å²) < 4.78 is 7.45. The number of piperidine rings is 1. The molecule has 2 aliphatic rings. The molecular formula is C23H30N4O2. The minimum absolute atomic E-state index is 0.0473. The van der Waals surface area contributed by atoms with Crippen LogP contribution in [0.15, 0.2) is 22.8 Å². The fourth-order valence-electron chi connectivity index (χ4n) is 5.08. The molecule has 3 heterocycles. The summed E-state index contributed by atoms with van der Waals surface area (Å²) in [5.41, 5.74) is 2.40. The number of nitrogens with zero attached hydrogens (tertiary/aromatic N) is 3. The van der Waals surface area contributed by atoms with Gasteiger partial charge < -0.3 is 14.3 Å². The molecule has 2 atom stereocenters. The van der Waals surface area contributed by atoms with Crippen LogP contribution in [-0.4, -0.2) is 35.0 Å². The van der Waals surface area contributed by atoms with E-state index in [-0.39, 0.29) is 5.91 Å². The number of carbonyl (C=O) groups excluding carboxylic acids is 1. The molecule has 1 aliphatic heterocycles. The van der Waals surface area contributed by atoms with Crippen LogP contribution in [0.5, 0.6) is 0 Å². The molecule has 1 aliphatic carbocycles. The number of nitrogens with one attached hydrogen (secondary N) is 1. The monoisotopic (exact) mass is 394 g/mol. The third-order valence-corrected chi connectivity index (χ3v) is 6.84. The third-order valence-electron chi connectivity index (χ3n) is 6.84. The predicted molar refractivity (Wildman–Crippen MR) is 112 cm³/mol. The molecule has 1 saturated carbocycles. The highest BCUT2D eigenvalue weighted by atomic mass is 16.3. The van der Waals surface area contributed by atoms with Gasteiger partial charge in [0, 0.05) is 12.2 Å². The summed E-state index contributed by atoms with van der Waals surface area (Å²) in [7, 11) is 0. The van der Waals surface area contributed by atoms with Gasteiger partial charge in [0.25, 0.3) is 0 Å². The Bertz CT molecular complexity index is 906. The molecule has 29 heavy (non-hydrogen) atoms. The Morgan fingerprint density at radius 1 is 1.28 bits per heavy atom. The van der Waals surface area contributed by atoms with Crippen LogP contribution in [0.1, 0.15) is 54.7 Å². The quantitative estimate of drug-likeness (QED) is 0.830. The molecule has 2 fully saturated rings. The summed E-state index contributed by atoms with van der Waals surface area (Å²) in [6, 6.07) is 6.02. The first-order valence-electron chi connectivity index (χ1n) is 10.7. The van der Waals surface area contributed by atoms with Gasteiger partial charge in [-0.05, 0) is 62.8 Å². The molecule has 2 aromatic rings. The van der Waals surface area contributed by atoms with E-state index < -0.39 is 0 Å². The standard InChI is InChI=1S/C23H30N4O2/c1-16-17(2)27(14-20-8-5-11-29-20)23(21(16)12-24)25-22(28)15-26-10-9-18-6-3-4-7-19(18)13-26/h5,8,11,18-19H,3-4,6-7,9-10,13-15H2,1-2H3,(H,25,28)/t18-,19-/m0/s1. The number of hydrogen-bond acceptors (Lipinski definition) is 4. The summed E-state index contributed by atoms with van der Waals surface area (Å²) in [5.74, 6) is 2.92. The van der Waals surface area contributed by atoms with E-state index in [4.69, 9.17) is 4.42 Å². The second-order valence-electron chi connectivity index (χ2n) is 8.59. The SMILES string of the molecule is Cc1c(C#N)c(NC(=O)CN2CC[C@@H]3CCCC[C@H]3C2)n(Cc2ccco2)c1C. The number of amides is 1. The van der Waals surface area contributed by atoms with Crippen molar-refractivity contribution in [3.8, 4) is 6.07 Å². The van der Waals surface area contributed by atoms with Crippen LogP contribution in [0.25, 0.3) is 0 Å². The van der Waals surface area contributed by atoms with Gasteiger partial charge in [0.05, 0.1) is 24.9 Å². The van der Waals surface area contributed by atoms with E-state index in [9.17, 15) is 10.1 Å². The number of likely N-dealkylation sites (tertiary alicyclic amines) is 1. The number of rotatable bonds is 5. The van der Waals surface area contributed by atoms with Gasteiger partial charge in [-0.1, -0.05) is 19.3 Å². The Hall–Kier alpha value is -2.52. The van der Waals surface area contributed by atoms with Crippen molar-refractivity contribution in [2.24, 2.45) is 11.8 Å². The fourth-order valence-corrected chi connectivity index (χ4v) is 5.08. The van der Waals surface area contributed by atoms with Gasteiger partial charge in [0.2, 0.25) is 5.91 Å². The van der Waals surface area contributed by atoms with Crippen molar-refractivity contribution in [3.63, 3.8) is 0 Å². The Morgan fingerprint density at radius 2 is 2.07 bits per heavy atom. The van der Waals surface area contributed by atoms with Crippen molar-refractivity contribution in [3.05, 3.63) is 41.0 Å². The number of aromatic nitrogens is 1. The molecule has 0 unspecified atom stereocenters. The average molecular weight is 395 g/mol. The summed E-state index contributed by atoms with van der Waals surface area (Å²) >= 11 is 0. The second kappa shape index (κ2) is 8.46. The van der Waals surface area contributed by atoms with Crippen LogP contribution in [0.3, 0.4) is 0 Å². The van der Waals surface area contributed by atoms with E-state index in [2.05, 4.69) is 16.3 Å². The smallest absolute Gasteiger partial charge is 0.239 e. The maximum Gasteiger partial charge on any atom is 0.239 e. The molecular weight excluding hydrogens is 364 g/mol. The molecule has 1 N–H and O–H groups in total. The zero-order valence-electron chi connectivity index (χ0n) is 17.4. The largest absolute Gasteiger partial charge is 0.467 e. The number of anilines is 1. The Labute approximate surface area is 172 Å². The van der Waals surface area contributed by atoms with Crippen molar-refractivity contribution in [2.75, 3.05) is 25.0 Å². The lowest BCUT2D eigenvalue weighted by Gasteiger charge is -2.41. The highest BCUT2D eigenvalue weighted by molar-refractivity contribution is 5.93. The van der Waals surface area contributed by atoms with Crippen molar-refractivity contribution in [2.45, 2.75) is 52.5 Å². The topological polar surface area (TPSA) is 74.2 Å². The molecule has 0 spiro atoms. The third kappa shape index (κ3) is 4.11. The first kappa shape index (κ1) is 19.8. The molecule has 0 aromatic carbocycles.